The van der Waals surface area contributed by atoms with E-state index in [1.54, 1.807) is 0 Å². The fourth-order valence-corrected chi connectivity index (χ4v) is 2.90. The molecule has 3 N–H and O–H groups in total. The molecular formula is C13H25N3O2. The highest BCUT2D eigenvalue weighted by atomic mass is 16.5. The van der Waals surface area contributed by atoms with Gasteiger partial charge >= 0.3 is 0 Å². The molecule has 2 saturated heterocycles. The van der Waals surface area contributed by atoms with Crippen LogP contribution in [-0.2, 0) is 9.53 Å². The minimum atomic E-state index is -0.386. The van der Waals surface area contributed by atoms with Gasteiger partial charge in [-0.05, 0) is 38.8 Å². The van der Waals surface area contributed by atoms with E-state index in [0.29, 0.717) is 25.7 Å². The van der Waals surface area contributed by atoms with Crippen molar-refractivity contribution in [3.63, 3.8) is 0 Å². The number of ether oxygens (including phenoxy) is 1. The zero-order chi connectivity index (χ0) is 13.0. The first kappa shape index (κ1) is 13.8. The Morgan fingerprint density at radius 1 is 1.50 bits per heavy atom. The molecule has 0 aromatic heterocycles. The van der Waals surface area contributed by atoms with E-state index in [1.165, 1.54) is 6.42 Å². The van der Waals surface area contributed by atoms with Crippen molar-refractivity contribution in [1.82, 2.24) is 10.2 Å². The van der Waals surface area contributed by atoms with Gasteiger partial charge in [-0.3, -0.25) is 4.79 Å². The smallest absolute Gasteiger partial charge is 0.227 e. The number of carbonyl (C=O) groups is 1. The lowest BCUT2D eigenvalue weighted by Crippen LogP contribution is -2.50. The van der Waals surface area contributed by atoms with Gasteiger partial charge in [0.15, 0.2) is 0 Å². The minimum absolute atomic E-state index is 0.128. The van der Waals surface area contributed by atoms with E-state index >= 15 is 0 Å². The van der Waals surface area contributed by atoms with Gasteiger partial charge in [0.2, 0.25) is 5.91 Å². The van der Waals surface area contributed by atoms with E-state index in [0.717, 1.165) is 32.5 Å². The van der Waals surface area contributed by atoms with Gasteiger partial charge in [-0.25, -0.2) is 0 Å². The van der Waals surface area contributed by atoms with Crippen LogP contribution in [0.3, 0.4) is 0 Å². The predicted molar refractivity (Wildman–Crippen MR) is 70.2 cm³/mol. The molecule has 104 valence electrons. The van der Waals surface area contributed by atoms with Crippen LogP contribution < -0.4 is 11.1 Å². The standard InChI is InChI=1S/C13H25N3O2/c1-16-5-2-11(9-16)8-15-12(17)13(10-14)3-6-18-7-4-13/h11H,2-10,14H2,1H3,(H,15,17). The normalized spacial score (nSPS) is 28.2. The van der Waals surface area contributed by atoms with Gasteiger partial charge in [0.25, 0.3) is 0 Å². The Balaban J connectivity index is 1.82. The van der Waals surface area contributed by atoms with Gasteiger partial charge < -0.3 is 20.7 Å². The zero-order valence-corrected chi connectivity index (χ0v) is 11.3. The number of likely N-dealkylation sites (tertiary alicyclic amines) is 1. The van der Waals surface area contributed by atoms with Crippen LogP contribution in [0.1, 0.15) is 19.3 Å². The molecule has 18 heavy (non-hydrogen) atoms. The Bertz CT molecular complexity index is 290. The molecule has 5 heteroatoms. The van der Waals surface area contributed by atoms with Crippen LogP contribution in [0.2, 0.25) is 0 Å². The molecule has 0 saturated carbocycles. The number of nitrogens with two attached hydrogens (primary N) is 1. The van der Waals surface area contributed by atoms with Gasteiger partial charge in [0, 0.05) is 32.8 Å². The van der Waals surface area contributed by atoms with Crippen molar-refractivity contribution >= 4 is 5.91 Å². The number of nitrogens with one attached hydrogen (secondary N) is 1. The fraction of sp³-hybridized carbons (Fsp3) is 0.923. The lowest BCUT2D eigenvalue weighted by molar-refractivity contribution is -0.136. The monoisotopic (exact) mass is 255 g/mol. The van der Waals surface area contributed by atoms with Crippen LogP contribution in [0.4, 0.5) is 0 Å². The Morgan fingerprint density at radius 2 is 2.22 bits per heavy atom. The van der Waals surface area contributed by atoms with E-state index in [4.69, 9.17) is 10.5 Å². The highest BCUT2D eigenvalue weighted by molar-refractivity contribution is 5.83. The Morgan fingerprint density at radius 3 is 2.78 bits per heavy atom. The van der Waals surface area contributed by atoms with Crippen molar-refractivity contribution in [2.75, 3.05) is 46.4 Å². The molecule has 2 heterocycles. The molecule has 2 aliphatic heterocycles. The second kappa shape index (κ2) is 5.99. The first-order valence-corrected chi connectivity index (χ1v) is 6.91. The molecule has 0 aliphatic carbocycles. The average Bonchev–Trinajstić information content (AvgIpc) is 2.82. The van der Waals surface area contributed by atoms with Gasteiger partial charge in [-0.1, -0.05) is 0 Å². The minimum Gasteiger partial charge on any atom is -0.381 e. The van der Waals surface area contributed by atoms with Crippen LogP contribution in [0.5, 0.6) is 0 Å². The van der Waals surface area contributed by atoms with Crippen LogP contribution >= 0.6 is 0 Å². The van der Waals surface area contributed by atoms with E-state index < -0.39 is 0 Å². The highest BCUT2D eigenvalue weighted by Crippen LogP contribution is 2.29. The Labute approximate surface area is 109 Å². The second-order valence-electron chi connectivity index (χ2n) is 5.72. The van der Waals surface area contributed by atoms with E-state index in [-0.39, 0.29) is 11.3 Å². The highest BCUT2D eigenvalue weighted by Gasteiger charge is 2.38. The molecule has 1 amide bonds. The van der Waals surface area contributed by atoms with Crippen molar-refractivity contribution in [2.45, 2.75) is 19.3 Å². The number of nitrogens with zero attached hydrogens (tertiary/aromatic N) is 1. The third kappa shape index (κ3) is 3.02. The fourth-order valence-electron chi connectivity index (χ4n) is 2.90. The largest absolute Gasteiger partial charge is 0.381 e. The Kier molecular flexibility index (Phi) is 4.59. The number of hydrogen-bond acceptors (Lipinski definition) is 4. The van der Waals surface area contributed by atoms with Crippen LogP contribution in [-0.4, -0.2) is 57.2 Å². The first-order chi connectivity index (χ1) is 8.66. The summed E-state index contributed by atoms with van der Waals surface area (Å²) in [5.41, 5.74) is 5.43. The molecule has 1 unspecified atom stereocenters. The maximum atomic E-state index is 12.3. The van der Waals surface area contributed by atoms with E-state index in [1.807, 2.05) is 0 Å². The summed E-state index contributed by atoms with van der Waals surface area (Å²) in [7, 11) is 2.13. The van der Waals surface area contributed by atoms with E-state index in [9.17, 15) is 4.79 Å². The lowest BCUT2D eigenvalue weighted by atomic mass is 9.79. The second-order valence-corrected chi connectivity index (χ2v) is 5.72. The molecule has 0 spiro atoms. The van der Waals surface area contributed by atoms with Gasteiger partial charge in [-0.2, -0.15) is 0 Å². The lowest BCUT2D eigenvalue weighted by Gasteiger charge is -2.34. The van der Waals surface area contributed by atoms with Gasteiger partial charge in [0.05, 0.1) is 5.41 Å². The maximum Gasteiger partial charge on any atom is 0.227 e. The maximum absolute atomic E-state index is 12.3. The number of carbonyl (C=O) groups excluding carboxylic acids is 1. The molecule has 0 aromatic carbocycles. The van der Waals surface area contributed by atoms with Crippen molar-refractivity contribution in [3.05, 3.63) is 0 Å². The number of amides is 1. The summed E-state index contributed by atoms with van der Waals surface area (Å²) in [6, 6.07) is 0. The molecular weight excluding hydrogens is 230 g/mol. The SMILES string of the molecule is CN1CCC(CNC(=O)C2(CN)CCOCC2)C1. The third-order valence-corrected chi connectivity index (χ3v) is 4.36. The van der Waals surface area contributed by atoms with E-state index in [2.05, 4.69) is 17.3 Å². The molecule has 2 rings (SSSR count). The molecule has 2 fully saturated rings. The Hall–Kier alpha value is -0.650. The molecule has 2 aliphatic rings. The number of hydrogen-bond donors (Lipinski definition) is 2. The number of rotatable bonds is 4. The predicted octanol–water partition coefficient (Wildman–Crippen LogP) is -0.190. The van der Waals surface area contributed by atoms with Crippen molar-refractivity contribution in [1.29, 1.82) is 0 Å². The summed E-state index contributed by atoms with van der Waals surface area (Å²) in [5, 5.41) is 3.11. The summed E-state index contributed by atoms with van der Waals surface area (Å²) < 4.78 is 5.33. The van der Waals surface area contributed by atoms with Crippen LogP contribution in [0, 0.1) is 11.3 Å². The third-order valence-electron chi connectivity index (χ3n) is 4.36. The summed E-state index contributed by atoms with van der Waals surface area (Å²) in [6.07, 6.45) is 2.68. The summed E-state index contributed by atoms with van der Waals surface area (Å²) >= 11 is 0. The summed E-state index contributed by atoms with van der Waals surface area (Å²) in [6.45, 7) is 4.72. The quantitative estimate of drug-likeness (QED) is 0.730. The topological polar surface area (TPSA) is 67.6 Å². The van der Waals surface area contributed by atoms with Crippen molar-refractivity contribution in [3.8, 4) is 0 Å². The zero-order valence-electron chi connectivity index (χ0n) is 11.3. The first-order valence-electron chi connectivity index (χ1n) is 6.91. The molecule has 5 nitrogen and oxygen atoms in total. The summed E-state index contributed by atoms with van der Waals surface area (Å²) in [5.74, 6) is 0.719. The molecule has 1 atom stereocenters. The van der Waals surface area contributed by atoms with Crippen molar-refractivity contribution < 1.29 is 9.53 Å². The summed E-state index contributed by atoms with van der Waals surface area (Å²) in [4.78, 5) is 14.6. The molecule has 0 bridgehead atoms. The molecule has 0 aromatic rings. The van der Waals surface area contributed by atoms with Crippen LogP contribution in [0.15, 0.2) is 0 Å². The van der Waals surface area contributed by atoms with Gasteiger partial charge in [0.1, 0.15) is 0 Å². The van der Waals surface area contributed by atoms with Crippen LogP contribution in [0.25, 0.3) is 0 Å². The van der Waals surface area contributed by atoms with Gasteiger partial charge in [-0.15, -0.1) is 0 Å². The van der Waals surface area contributed by atoms with Crippen molar-refractivity contribution in [2.24, 2.45) is 17.1 Å². The average molecular weight is 255 g/mol. The molecule has 0 radical (unpaired) electrons.